The molecule has 2 amide bonds. The lowest BCUT2D eigenvalue weighted by molar-refractivity contribution is 0.0427. The summed E-state index contributed by atoms with van der Waals surface area (Å²) in [6, 6.07) is 29.2. The number of carbonyl (C=O) groups excluding carboxylic acids is 2. The van der Waals surface area contributed by atoms with Gasteiger partial charge in [0.25, 0.3) is 0 Å². The highest BCUT2D eigenvalue weighted by Crippen LogP contribution is 2.32. The largest absolute Gasteiger partial charge is 0.489 e. The first-order chi connectivity index (χ1) is 23.7. The van der Waals surface area contributed by atoms with Crippen molar-refractivity contribution >= 4 is 24.3 Å². The minimum absolute atomic E-state index is 0.383. The average Bonchev–Trinajstić information content (AvgIpc) is 3.07. The van der Waals surface area contributed by atoms with Crippen LogP contribution >= 0.6 is 0 Å². The molecule has 4 aromatic carbocycles. The summed E-state index contributed by atoms with van der Waals surface area (Å²) in [7, 11) is 0. The Balaban J connectivity index is 1.61. The van der Waals surface area contributed by atoms with Crippen molar-refractivity contribution in [3.05, 3.63) is 144 Å². The first-order valence-corrected chi connectivity index (χ1v) is 16.6. The molecule has 4 aromatic rings. The highest BCUT2D eigenvalue weighted by Gasteiger charge is 2.31. The Morgan fingerprint density at radius 2 is 0.880 bits per heavy atom. The molecule has 0 aliphatic carbocycles. The summed E-state index contributed by atoms with van der Waals surface area (Å²) in [5.41, 5.74) is 4.05. The van der Waals surface area contributed by atoms with Crippen LogP contribution in [0.1, 0.15) is 87.0 Å². The molecule has 0 aliphatic rings. The predicted molar refractivity (Wildman–Crippen MR) is 199 cm³/mol. The maximum Gasteiger partial charge on any atom is 0.408 e. The van der Waals surface area contributed by atoms with Gasteiger partial charge in [-0.3, -0.25) is 0 Å². The van der Waals surface area contributed by atoms with Gasteiger partial charge < -0.3 is 29.6 Å². The first kappa shape index (κ1) is 37.3. The van der Waals surface area contributed by atoms with Crippen LogP contribution in [-0.2, 0) is 22.7 Å². The molecule has 8 heteroatoms. The minimum atomic E-state index is -0.756. The quantitative estimate of drug-likeness (QED) is 0.146. The summed E-state index contributed by atoms with van der Waals surface area (Å²) in [5, 5.41) is 5.99. The van der Waals surface area contributed by atoms with Gasteiger partial charge in [0.05, 0.1) is 12.1 Å². The molecule has 262 valence electrons. The number of hydrogen-bond acceptors (Lipinski definition) is 6. The number of nitrogens with one attached hydrogen (secondary N) is 2. The lowest BCUT2D eigenvalue weighted by atomic mass is 9.93. The second-order valence-electron chi connectivity index (χ2n) is 13.9. The third kappa shape index (κ3) is 11.9. The van der Waals surface area contributed by atoms with E-state index >= 15 is 0 Å². The second kappa shape index (κ2) is 16.7. The number of carbonyl (C=O) groups is 2. The third-order valence-electron chi connectivity index (χ3n) is 7.40. The number of amides is 2. The minimum Gasteiger partial charge on any atom is -0.489 e. The van der Waals surface area contributed by atoms with E-state index in [1.165, 1.54) is 0 Å². The molecule has 0 aliphatic heterocycles. The third-order valence-corrected chi connectivity index (χ3v) is 7.40. The highest BCUT2D eigenvalue weighted by atomic mass is 16.6. The fourth-order valence-corrected chi connectivity index (χ4v) is 4.96. The van der Waals surface area contributed by atoms with Crippen LogP contribution in [0.4, 0.5) is 9.59 Å². The van der Waals surface area contributed by atoms with Crippen LogP contribution in [0, 0.1) is 0 Å². The Bertz CT molecular complexity index is 1590. The van der Waals surface area contributed by atoms with Gasteiger partial charge >= 0.3 is 12.2 Å². The van der Waals surface area contributed by atoms with Gasteiger partial charge in [-0.05, 0) is 99.2 Å². The summed E-state index contributed by atoms with van der Waals surface area (Å²) >= 11 is 0. The summed E-state index contributed by atoms with van der Waals surface area (Å²) < 4.78 is 23.4. The molecule has 2 N–H and O–H groups in total. The molecule has 8 nitrogen and oxygen atoms in total. The zero-order valence-corrected chi connectivity index (χ0v) is 29.8. The maximum absolute atomic E-state index is 13.2. The molecule has 2 atom stereocenters. The predicted octanol–water partition coefficient (Wildman–Crippen LogP) is 9.96. The Morgan fingerprint density at radius 1 is 0.560 bits per heavy atom. The number of rotatable bonds is 13. The van der Waals surface area contributed by atoms with Crippen LogP contribution < -0.4 is 20.1 Å². The van der Waals surface area contributed by atoms with E-state index < -0.39 is 35.5 Å². The van der Waals surface area contributed by atoms with Gasteiger partial charge in [-0.1, -0.05) is 98.1 Å². The molecule has 0 unspecified atom stereocenters. The van der Waals surface area contributed by atoms with E-state index in [0.29, 0.717) is 35.8 Å². The van der Waals surface area contributed by atoms with Crippen molar-refractivity contribution in [2.24, 2.45) is 0 Å². The Labute approximate surface area is 296 Å². The van der Waals surface area contributed by atoms with Gasteiger partial charge in [-0.15, -0.1) is 0 Å². The van der Waals surface area contributed by atoms with Gasteiger partial charge in [0.2, 0.25) is 0 Å². The lowest BCUT2D eigenvalue weighted by Gasteiger charge is -2.32. The van der Waals surface area contributed by atoms with E-state index in [4.69, 9.17) is 18.9 Å². The Morgan fingerprint density at radius 3 is 1.16 bits per heavy atom. The summed E-state index contributed by atoms with van der Waals surface area (Å²) in [4.78, 5) is 26.5. The van der Waals surface area contributed by atoms with Crippen LogP contribution in [0.2, 0.25) is 0 Å². The Hall–Kier alpha value is -5.50. The molecule has 0 radical (unpaired) electrons. The van der Waals surface area contributed by atoms with Crippen molar-refractivity contribution in [1.82, 2.24) is 10.6 Å². The Kier molecular flexibility index (Phi) is 12.5. The smallest absolute Gasteiger partial charge is 0.408 e. The number of hydrogen-bond donors (Lipinski definition) is 2. The molecule has 0 fully saturated rings. The zero-order valence-electron chi connectivity index (χ0n) is 29.8. The fraction of sp³-hybridized carbons (Fsp3) is 0.286. The molecular weight excluding hydrogens is 628 g/mol. The molecule has 50 heavy (non-hydrogen) atoms. The van der Waals surface area contributed by atoms with Crippen LogP contribution in [-0.4, -0.2) is 23.4 Å². The topological polar surface area (TPSA) is 95.1 Å². The van der Waals surface area contributed by atoms with Crippen molar-refractivity contribution < 1.29 is 28.5 Å². The van der Waals surface area contributed by atoms with Crippen molar-refractivity contribution in [2.45, 2.75) is 78.0 Å². The molecule has 0 saturated carbocycles. The van der Waals surface area contributed by atoms with Gasteiger partial charge in [0, 0.05) is 0 Å². The van der Waals surface area contributed by atoms with Crippen molar-refractivity contribution in [3.63, 3.8) is 0 Å². The SMILES string of the molecule is C=Cc1ccc(COc2ccc([C@@H](NC(=O)OC(C)(C)C)[C@@H](NC(=O)OC(C)(C)C)c3ccc(OCc4ccc(C=C)cc4)cc3)cc2)cc1. The summed E-state index contributed by atoms with van der Waals surface area (Å²) in [6.45, 7) is 19.1. The monoisotopic (exact) mass is 676 g/mol. The number of alkyl carbamates (subject to hydrolysis) is 2. The zero-order chi connectivity index (χ0) is 36.3. The van der Waals surface area contributed by atoms with E-state index in [-0.39, 0.29) is 0 Å². The molecule has 0 saturated heterocycles. The molecular formula is C42H48N2O6. The van der Waals surface area contributed by atoms with Crippen molar-refractivity contribution in [1.29, 1.82) is 0 Å². The van der Waals surface area contributed by atoms with Gasteiger partial charge in [0.15, 0.2) is 0 Å². The second-order valence-corrected chi connectivity index (χ2v) is 13.9. The van der Waals surface area contributed by atoms with E-state index in [9.17, 15) is 9.59 Å². The normalized spacial score (nSPS) is 12.5. The maximum atomic E-state index is 13.2. The van der Waals surface area contributed by atoms with Crippen LogP contribution in [0.15, 0.2) is 110 Å². The number of benzene rings is 4. The molecule has 0 spiro atoms. The average molecular weight is 677 g/mol. The van der Waals surface area contributed by atoms with Gasteiger partial charge in [-0.2, -0.15) is 0 Å². The van der Waals surface area contributed by atoms with E-state index in [1.54, 1.807) is 53.7 Å². The fourth-order valence-electron chi connectivity index (χ4n) is 4.96. The molecule has 4 rings (SSSR count). The molecule has 0 heterocycles. The van der Waals surface area contributed by atoms with Crippen LogP contribution in [0.25, 0.3) is 12.2 Å². The first-order valence-electron chi connectivity index (χ1n) is 16.6. The number of ether oxygens (including phenoxy) is 4. The van der Waals surface area contributed by atoms with Crippen LogP contribution in [0.5, 0.6) is 11.5 Å². The summed E-state index contributed by atoms with van der Waals surface area (Å²) in [6.07, 6.45) is 2.32. The highest BCUT2D eigenvalue weighted by molar-refractivity contribution is 5.71. The summed E-state index contributed by atoms with van der Waals surface area (Å²) in [5.74, 6) is 1.30. The van der Waals surface area contributed by atoms with Crippen molar-refractivity contribution in [2.75, 3.05) is 0 Å². The molecule has 0 bridgehead atoms. The van der Waals surface area contributed by atoms with Gasteiger partial charge in [-0.25, -0.2) is 9.59 Å². The standard InChI is InChI=1S/C42H48N2O6/c1-9-29-11-15-31(16-12-29)27-47-35-23-19-33(20-24-35)37(43-39(45)49-41(3,4)5)38(44-40(46)50-42(6,7)8)34-21-25-36(26-22-34)48-28-32-17-13-30(10-2)14-18-32/h9-26,37-38H,1-2,27-28H2,3-8H3,(H,43,45)(H,44,46)/t37-,38+. The van der Waals surface area contributed by atoms with E-state index in [2.05, 4.69) is 23.8 Å². The van der Waals surface area contributed by atoms with E-state index in [1.807, 2.05) is 97.1 Å². The van der Waals surface area contributed by atoms with Crippen LogP contribution in [0.3, 0.4) is 0 Å². The van der Waals surface area contributed by atoms with E-state index in [0.717, 1.165) is 22.3 Å². The molecule has 0 aromatic heterocycles. The van der Waals surface area contributed by atoms with Crippen molar-refractivity contribution in [3.8, 4) is 11.5 Å². The lowest BCUT2D eigenvalue weighted by Crippen LogP contribution is -2.44. The van der Waals surface area contributed by atoms with Gasteiger partial charge in [0.1, 0.15) is 35.9 Å².